The van der Waals surface area contributed by atoms with Crippen molar-refractivity contribution in [2.24, 2.45) is 0 Å². The fraction of sp³-hybridized carbons (Fsp3) is 0.500. The van der Waals surface area contributed by atoms with E-state index in [0.29, 0.717) is 5.78 Å². The van der Waals surface area contributed by atoms with E-state index in [1.54, 1.807) is 0 Å². The molecule has 0 saturated heterocycles. The quantitative estimate of drug-likeness (QED) is 0.558. The van der Waals surface area contributed by atoms with Gasteiger partial charge in [-0.05, 0) is 0 Å². The molecule has 0 fully saturated rings. The number of ketones is 1. The summed E-state index contributed by atoms with van der Waals surface area (Å²) < 4.78 is 0. The molecule has 0 spiro atoms. The number of hydrogen-bond acceptors (Lipinski definition) is 1. The molecule has 0 bridgehead atoms. The zero-order valence-electron chi connectivity index (χ0n) is 10.6. The van der Waals surface area contributed by atoms with Crippen molar-refractivity contribution in [2.75, 3.05) is 0 Å². The number of carbonyl (C=O) groups is 1. The first-order valence-electron chi connectivity index (χ1n) is 6.25. The fourth-order valence-electron chi connectivity index (χ4n) is 2.19. The van der Waals surface area contributed by atoms with Gasteiger partial charge in [-0.15, -0.1) is 0 Å². The van der Waals surface area contributed by atoms with Crippen LogP contribution in [0.15, 0.2) is 30.3 Å². The molecule has 1 rings (SSSR count). The topological polar surface area (TPSA) is 17.1 Å². The third-order valence-electron chi connectivity index (χ3n) is 3.88. The summed E-state index contributed by atoms with van der Waals surface area (Å²) in [4.78, 5) is 12.2. The van der Waals surface area contributed by atoms with Gasteiger partial charge in [0.15, 0.2) is 0 Å². The number of benzene rings is 1. The van der Waals surface area contributed by atoms with Crippen molar-refractivity contribution >= 4 is 19.0 Å². The molecular formula is C14H22GeO. The van der Waals surface area contributed by atoms with Crippen LogP contribution in [-0.4, -0.2) is 19.0 Å². The summed E-state index contributed by atoms with van der Waals surface area (Å²) in [6.07, 6.45) is 0. The molecule has 1 aromatic carbocycles. The SMILES string of the molecule is C[CH2][Ge]([CH2]C)([CH2]C)[CH2]C(=O)c1ccccc1. The molecule has 0 atom stereocenters. The van der Waals surface area contributed by atoms with Gasteiger partial charge < -0.3 is 0 Å². The van der Waals surface area contributed by atoms with E-state index in [4.69, 9.17) is 0 Å². The van der Waals surface area contributed by atoms with Crippen LogP contribution in [0.2, 0.25) is 21.0 Å². The molecule has 0 radical (unpaired) electrons. The van der Waals surface area contributed by atoms with Crippen LogP contribution in [0.1, 0.15) is 31.1 Å². The normalized spacial score (nSPS) is 11.4. The Morgan fingerprint density at radius 3 is 1.94 bits per heavy atom. The second-order valence-corrected chi connectivity index (χ2v) is 16.0. The summed E-state index contributed by atoms with van der Waals surface area (Å²) in [5.41, 5.74) is 0.896. The van der Waals surface area contributed by atoms with Crippen LogP contribution >= 0.6 is 0 Å². The van der Waals surface area contributed by atoms with E-state index in [1.165, 1.54) is 15.8 Å². The van der Waals surface area contributed by atoms with Gasteiger partial charge >= 0.3 is 102 Å². The molecule has 0 aliphatic carbocycles. The molecule has 0 saturated carbocycles. The number of rotatable bonds is 6. The van der Waals surface area contributed by atoms with E-state index >= 15 is 0 Å². The zero-order valence-corrected chi connectivity index (χ0v) is 12.7. The maximum atomic E-state index is 12.2. The van der Waals surface area contributed by atoms with Crippen molar-refractivity contribution < 1.29 is 4.79 Å². The first kappa shape index (κ1) is 13.5. The molecule has 0 aliphatic heterocycles. The van der Waals surface area contributed by atoms with Gasteiger partial charge in [0.2, 0.25) is 0 Å². The van der Waals surface area contributed by atoms with Crippen LogP contribution < -0.4 is 0 Å². The predicted molar refractivity (Wildman–Crippen MR) is 72.8 cm³/mol. The molecule has 1 aromatic rings. The first-order valence-corrected chi connectivity index (χ1v) is 12.2. The Morgan fingerprint density at radius 2 is 1.50 bits per heavy atom. The van der Waals surface area contributed by atoms with Gasteiger partial charge in [-0.3, -0.25) is 0 Å². The van der Waals surface area contributed by atoms with Crippen molar-refractivity contribution in [3.8, 4) is 0 Å². The van der Waals surface area contributed by atoms with Crippen LogP contribution in [0.5, 0.6) is 0 Å². The van der Waals surface area contributed by atoms with E-state index in [-0.39, 0.29) is 0 Å². The van der Waals surface area contributed by atoms with Crippen molar-refractivity contribution in [1.29, 1.82) is 0 Å². The monoisotopic (exact) mass is 280 g/mol. The van der Waals surface area contributed by atoms with E-state index in [9.17, 15) is 4.79 Å². The van der Waals surface area contributed by atoms with E-state index in [0.717, 1.165) is 10.8 Å². The van der Waals surface area contributed by atoms with Gasteiger partial charge in [-0.2, -0.15) is 0 Å². The van der Waals surface area contributed by atoms with E-state index in [2.05, 4.69) is 20.8 Å². The molecule has 2 heteroatoms. The molecule has 0 N–H and O–H groups in total. The average molecular weight is 279 g/mol. The molecular weight excluding hydrogens is 257 g/mol. The Morgan fingerprint density at radius 1 is 1.00 bits per heavy atom. The van der Waals surface area contributed by atoms with Crippen molar-refractivity contribution in [2.45, 2.75) is 41.8 Å². The van der Waals surface area contributed by atoms with Gasteiger partial charge in [-0.25, -0.2) is 0 Å². The molecule has 16 heavy (non-hydrogen) atoms. The van der Waals surface area contributed by atoms with Gasteiger partial charge in [0.25, 0.3) is 0 Å². The minimum atomic E-state index is -1.84. The first-order chi connectivity index (χ1) is 7.67. The van der Waals surface area contributed by atoms with Crippen LogP contribution in [0.3, 0.4) is 0 Å². The fourth-order valence-corrected chi connectivity index (χ4v) is 8.77. The third-order valence-corrected chi connectivity index (χ3v) is 15.6. The van der Waals surface area contributed by atoms with Gasteiger partial charge in [0.1, 0.15) is 0 Å². The van der Waals surface area contributed by atoms with Gasteiger partial charge in [0.05, 0.1) is 0 Å². The molecule has 0 amide bonds. The van der Waals surface area contributed by atoms with Gasteiger partial charge in [-0.1, -0.05) is 0 Å². The summed E-state index contributed by atoms with van der Waals surface area (Å²) in [6.45, 7) is 6.81. The maximum absolute atomic E-state index is 12.2. The minimum absolute atomic E-state index is 0.367. The summed E-state index contributed by atoms with van der Waals surface area (Å²) in [6, 6.07) is 9.75. The van der Waals surface area contributed by atoms with Crippen LogP contribution in [0.4, 0.5) is 0 Å². The molecule has 0 aromatic heterocycles. The summed E-state index contributed by atoms with van der Waals surface area (Å²) in [5, 5.41) is 4.68. The number of carbonyl (C=O) groups excluding carboxylic acids is 1. The summed E-state index contributed by atoms with van der Waals surface area (Å²) >= 11 is -1.84. The average Bonchev–Trinajstić information content (AvgIpc) is 2.37. The molecule has 0 heterocycles. The summed E-state index contributed by atoms with van der Waals surface area (Å²) in [5.74, 6) is 0.367. The Bertz CT molecular complexity index is 320. The third kappa shape index (κ3) is 3.21. The van der Waals surface area contributed by atoms with Crippen molar-refractivity contribution in [3.63, 3.8) is 0 Å². The van der Waals surface area contributed by atoms with Crippen LogP contribution in [0, 0.1) is 0 Å². The Hall–Kier alpha value is -0.567. The Balaban J connectivity index is 2.77. The van der Waals surface area contributed by atoms with Crippen LogP contribution in [0.25, 0.3) is 0 Å². The van der Waals surface area contributed by atoms with Crippen molar-refractivity contribution in [3.05, 3.63) is 35.9 Å². The molecule has 88 valence electrons. The Labute approximate surface area is 102 Å². The number of hydrogen-bond donors (Lipinski definition) is 0. The zero-order chi connectivity index (χ0) is 12.0. The van der Waals surface area contributed by atoms with Gasteiger partial charge in [0, 0.05) is 0 Å². The molecule has 0 unspecified atom stereocenters. The van der Waals surface area contributed by atoms with E-state index < -0.39 is 13.3 Å². The van der Waals surface area contributed by atoms with E-state index in [1.807, 2.05) is 30.3 Å². The number of Topliss-reactive ketones (excluding diaryl/α,β-unsaturated/α-hetero) is 1. The molecule has 0 aliphatic rings. The van der Waals surface area contributed by atoms with Crippen LogP contribution in [-0.2, 0) is 0 Å². The predicted octanol–water partition coefficient (Wildman–Crippen LogP) is 4.38. The summed E-state index contributed by atoms with van der Waals surface area (Å²) in [7, 11) is 0. The Kier molecular flexibility index (Phi) is 5.26. The van der Waals surface area contributed by atoms with Crippen molar-refractivity contribution in [1.82, 2.24) is 0 Å². The second kappa shape index (κ2) is 6.24. The molecule has 1 nitrogen and oxygen atoms in total. The second-order valence-electron chi connectivity index (χ2n) is 4.53. The standard InChI is InChI=1S/C14H22GeO/c1-4-15(5-2,6-3)12-14(16)13-10-8-7-9-11-13/h7-11H,4-6,12H2,1-3H3.